The van der Waals surface area contributed by atoms with Gasteiger partial charge in [-0.2, -0.15) is 0 Å². The Morgan fingerprint density at radius 1 is 1.23 bits per heavy atom. The molecule has 1 aromatic carbocycles. The third kappa shape index (κ3) is 9.81. The van der Waals surface area contributed by atoms with Crippen LogP contribution in [0.3, 0.4) is 0 Å². The fourth-order valence-corrected chi connectivity index (χ4v) is 1.64. The van der Waals surface area contributed by atoms with Crippen LogP contribution in [0.5, 0.6) is 5.75 Å². The van der Waals surface area contributed by atoms with Crippen molar-refractivity contribution in [1.82, 2.24) is 10.6 Å². The minimum absolute atomic E-state index is 0. The second kappa shape index (κ2) is 10.6. The van der Waals surface area contributed by atoms with E-state index < -0.39 is 0 Å². The van der Waals surface area contributed by atoms with Crippen LogP contribution in [0.4, 0.5) is 4.39 Å². The molecule has 0 aliphatic carbocycles. The maximum absolute atomic E-state index is 12.7. The van der Waals surface area contributed by atoms with Crippen LogP contribution >= 0.6 is 24.0 Å². The molecule has 1 aromatic rings. The Balaban J connectivity index is 0.00000441. The van der Waals surface area contributed by atoms with Crippen molar-refractivity contribution < 1.29 is 9.13 Å². The second-order valence-corrected chi connectivity index (χ2v) is 5.79. The fourth-order valence-electron chi connectivity index (χ4n) is 1.64. The Morgan fingerprint density at radius 2 is 1.86 bits per heavy atom. The van der Waals surface area contributed by atoms with Gasteiger partial charge in [0.2, 0.25) is 0 Å². The molecule has 0 radical (unpaired) electrons. The van der Waals surface area contributed by atoms with Crippen LogP contribution in [-0.4, -0.2) is 31.2 Å². The Labute approximate surface area is 149 Å². The zero-order valence-corrected chi connectivity index (χ0v) is 16.1. The van der Waals surface area contributed by atoms with Crippen molar-refractivity contribution in [2.75, 3.05) is 19.7 Å². The van der Waals surface area contributed by atoms with Crippen molar-refractivity contribution in [2.24, 2.45) is 4.99 Å². The largest absolute Gasteiger partial charge is 0.494 e. The Bertz CT molecular complexity index is 444. The molecule has 0 aliphatic heterocycles. The van der Waals surface area contributed by atoms with Gasteiger partial charge in [0, 0.05) is 25.0 Å². The molecule has 0 aliphatic rings. The lowest BCUT2D eigenvalue weighted by Gasteiger charge is -2.23. The molecule has 0 heterocycles. The van der Waals surface area contributed by atoms with Crippen molar-refractivity contribution in [3.63, 3.8) is 0 Å². The molecule has 6 heteroatoms. The fraction of sp³-hybridized carbons (Fsp3) is 0.562. The molecule has 0 spiro atoms. The van der Waals surface area contributed by atoms with Crippen LogP contribution in [-0.2, 0) is 0 Å². The summed E-state index contributed by atoms with van der Waals surface area (Å²) in [5, 5.41) is 6.54. The van der Waals surface area contributed by atoms with Gasteiger partial charge in [-0.15, -0.1) is 24.0 Å². The summed E-state index contributed by atoms with van der Waals surface area (Å²) in [5.41, 5.74) is -0.0222. The van der Waals surface area contributed by atoms with Gasteiger partial charge in [-0.25, -0.2) is 4.39 Å². The highest BCUT2D eigenvalue weighted by atomic mass is 127. The van der Waals surface area contributed by atoms with E-state index >= 15 is 0 Å². The number of nitrogens with one attached hydrogen (secondary N) is 2. The van der Waals surface area contributed by atoms with Crippen LogP contribution in [0.15, 0.2) is 29.3 Å². The molecule has 0 bridgehead atoms. The Kier molecular flexibility index (Phi) is 10.1. The van der Waals surface area contributed by atoms with Crippen molar-refractivity contribution in [3.05, 3.63) is 30.1 Å². The van der Waals surface area contributed by atoms with Gasteiger partial charge in [0.05, 0.1) is 6.61 Å². The number of ether oxygens (including phenoxy) is 1. The summed E-state index contributed by atoms with van der Waals surface area (Å²) >= 11 is 0. The Hall–Kier alpha value is -1.05. The van der Waals surface area contributed by atoms with Crippen LogP contribution in [0.1, 0.15) is 34.1 Å². The molecular formula is C16H27FIN3O. The molecule has 0 amide bonds. The van der Waals surface area contributed by atoms with Crippen LogP contribution in [0.25, 0.3) is 0 Å². The summed E-state index contributed by atoms with van der Waals surface area (Å²) in [6, 6.07) is 6.04. The molecule has 0 atom stereocenters. The summed E-state index contributed by atoms with van der Waals surface area (Å²) in [4.78, 5) is 4.50. The molecule has 22 heavy (non-hydrogen) atoms. The van der Waals surface area contributed by atoms with E-state index in [0.717, 1.165) is 18.9 Å². The van der Waals surface area contributed by atoms with Gasteiger partial charge in [-0.05, 0) is 52.0 Å². The molecule has 126 valence electrons. The van der Waals surface area contributed by atoms with E-state index in [1.165, 1.54) is 12.1 Å². The summed E-state index contributed by atoms with van der Waals surface area (Å²) in [7, 11) is 0. The van der Waals surface area contributed by atoms with Crippen molar-refractivity contribution >= 4 is 29.9 Å². The van der Waals surface area contributed by atoms with Crippen LogP contribution in [0, 0.1) is 5.82 Å². The van der Waals surface area contributed by atoms with E-state index in [1.807, 2.05) is 6.92 Å². The molecular weight excluding hydrogens is 396 g/mol. The number of nitrogens with zero attached hydrogens (tertiary/aromatic N) is 1. The lowest BCUT2D eigenvalue weighted by Crippen LogP contribution is -2.47. The molecule has 2 N–H and O–H groups in total. The normalized spacial score (nSPS) is 11.6. The van der Waals surface area contributed by atoms with E-state index in [1.54, 1.807) is 12.1 Å². The first-order chi connectivity index (χ1) is 9.90. The van der Waals surface area contributed by atoms with Crippen molar-refractivity contribution in [1.29, 1.82) is 0 Å². The summed E-state index contributed by atoms with van der Waals surface area (Å²) < 4.78 is 18.3. The highest BCUT2D eigenvalue weighted by Crippen LogP contribution is 2.11. The monoisotopic (exact) mass is 423 g/mol. The highest BCUT2D eigenvalue weighted by Gasteiger charge is 2.11. The van der Waals surface area contributed by atoms with Gasteiger partial charge in [-0.3, -0.25) is 4.99 Å². The van der Waals surface area contributed by atoms with E-state index in [2.05, 4.69) is 36.4 Å². The van der Waals surface area contributed by atoms with Gasteiger partial charge in [0.15, 0.2) is 5.96 Å². The molecule has 0 saturated heterocycles. The topological polar surface area (TPSA) is 45.7 Å². The van der Waals surface area contributed by atoms with Gasteiger partial charge in [-0.1, -0.05) is 0 Å². The first-order valence-electron chi connectivity index (χ1n) is 7.35. The first kappa shape index (κ1) is 20.9. The SMILES string of the molecule is CCNC(=NCCCOc1ccc(F)cc1)NC(C)(C)C.I. The number of hydrogen-bond acceptors (Lipinski definition) is 2. The predicted molar refractivity (Wildman–Crippen MR) is 101 cm³/mol. The maximum atomic E-state index is 12.7. The Morgan fingerprint density at radius 3 is 2.41 bits per heavy atom. The van der Waals surface area contributed by atoms with Gasteiger partial charge < -0.3 is 15.4 Å². The van der Waals surface area contributed by atoms with Crippen LogP contribution < -0.4 is 15.4 Å². The van der Waals surface area contributed by atoms with E-state index in [9.17, 15) is 4.39 Å². The maximum Gasteiger partial charge on any atom is 0.191 e. The summed E-state index contributed by atoms with van der Waals surface area (Å²) in [6.45, 7) is 10.4. The van der Waals surface area contributed by atoms with E-state index in [-0.39, 0.29) is 35.3 Å². The number of aliphatic imine (C=N–C) groups is 1. The minimum Gasteiger partial charge on any atom is -0.494 e. The molecule has 0 aromatic heterocycles. The average molecular weight is 423 g/mol. The van der Waals surface area contributed by atoms with Crippen molar-refractivity contribution in [2.45, 2.75) is 39.7 Å². The lowest BCUT2D eigenvalue weighted by atomic mass is 10.1. The number of rotatable bonds is 6. The number of hydrogen-bond donors (Lipinski definition) is 2. The van der Waals surface area contributed by atoms with Gasteiger partial charge in [0.25, 0.3) is 0 Å². The molecule has 0 fully saturated rings. The molecule has 0 saturated carbocycles. The highest BCUT2D eigenvalue weighted by molar-refractivity contribution is 14.0. The van der Waals surface area contributed by atoms with Gasteiger partial charge in [0.1, 0.15) is 11.6 Å². The number of guanidine groups is 1. The van der Waals surface area contributed by atoms with Crippen molar-refractivity contribution in [3.8, 4) is 5.75 Å². The van der Waals surface area contributed by atoms with Crippen LogP contribution in [0.2, 0.25) is 0 Å². The van der Waals surface area contributed by atoms with E-state index in [4.69, 9.17) is 4.74 Å². The third-order valence-corrected chi connectivity index (χ3v) is 2.49. The second-order valence-electron chi connectivity index (χ2n) is 5.79. The standard InChI is InChI=1S/C16H26FN3O.HI/c1-5-18-15(20-16(2,3)4)19-11-6-12-21-14-9-7-13(17)8-10-14;/h7-10H,5-6,11-12H2,1-4H3,(H2,18,19,20);1H. The molecule has 1 rings (SSSR count). The lowest BCUT2D eigenvalue weighted by molar-refractivity contribution is 0.313. The third-order valence-electron chi connectivity index (χ3n) is 2.49. The van der Waals surface area contributed by atoms with Gasteiger partial charge >= 0.3 is 0 Å². The average Bonchev–Trinajstić information content (AvgIpc) is 2.39. The predicted octanol–water partition coefficient (Wildman–Crippen LogP) is 3.57. The number of halogens is 2. The first-order valence-corrected chi connectivity index (χ1v) is 7.35. The summed E-state index contributed by atoms with van der Waals surface area (Å²) in [6.07, 6.45) is 0.804. The zero-order chi connectivity index (χ0) is 15.7. The zero-order valence-electron chi connectivity index (χ0n) is 13.8. The molecule has 4 nitrogen and oxygen atoms in total. The minimum atomic E-state index is -0.254. The summed E-state index contributed by atoms with van der Waals surface area (Å²) in [5.74, 6) is 1.24. The smallest absolute Gasteiger partial charge is 0.191 e. The van der Waals surface area contributed by atoms with E-state index in [0.29, 0.717) is 18.9 Å². The quantitative estimate of drug-likeness (QED) is 0.318. The number of benzene rings is 1. The molecule has 0 unspecified atom stereocenters.